The van der Waals surface area contributed by atoms with E-state index in [1.54, 1.807) is 0 Å². The van der Waals surface area contributed by atoms with Gasteiger partial charge in [0.05, 0.1) is 4.52 Å². The Bertz CT molecular complexity index is 325. The molecule has 0 aromatic heterocycles. The van der Waals surface area contributed by atoms with Crippen LogP contribution in [0.4, 0.5) is 0 Å². The summed E-state index contributed by atoms with van der Waals surface area (Å²) in [6, 6.07) is 0. The zero-order valence-electron chi connectivity index (χ0n) is 5.72. The van der Waals surface area contributed by atoms with Crippen molar-refractivity contribution >= 4 is 21.6 Å². The van der Waals surface area contributed by atoms with Crippen LogP contribution in [-0.2, 0) is 21.6 Å². The van der Waals surface area contributed by atoms with Crippen LogP contribution in [0.2, 0.25) is 0 Å². The highest BCUT2D eigenvalue weighted by atomic mass is 32.2. The number of azide groups is 1. The van der Waals surface area contributed by atoms with Gasteiger partial charge in [-0.15, -0.1) is 5.53 Å². The third-order valence-electron chi connectivity index (χ3n) is 0.535. The minimum absolute atomic E-state index is 0.144. The molecule has 0 aromatic carbocycles. The first kappa shape index (κ1) is 12.0. The lowest BCUT2D eigenvalue weighted by Crippen LogP contribution is -2.48. The molecule has 0 saturated carbocycles. The second-order valence-electron chi connectivity index (χ2n) is 1.38. The van der Waals surface area contributed by atoms with Gasteiger partial charge in [-0.2, -0.15) is 18.9 Å². The quantitative estimate of drug-likeness (QED) is 0.112. The molecule has 0 aliphatic carbocycles. The summed E-state index contributed by atoms with van der Waals surface area (Å²) in [5, 5.41) is 2.54. The molecule has 4 N–H and O–H groups in total. The first-order valence-corrected chi connectivity index (χ1v) is 4.83. The van der Waals surface area contributed by atoms with Gasteiger partial charge in [-0.1, -0.05) is 4.83 Å². The Morgan fingerprint density at radius 1 is 1.62 bits per heavy atom. The summed E-state index contributed by atoms with van der Waals surface area (Å²) in [7, 11) is -4.72. The highest BCUT2D eigenvalue weighted by Gasteiger charge is 2.19. The van der Waals surface area contributed by atoms with Crippen LogP contribution in [0.5, 0.6) is 0 Å². The van der Waals surface area contributed by atoms with Crippen LogP contribution < -0.4 is 10.4 Å². The van der Waals surface area contributed by atoms with E-state index in [1.165, 1.54) is 5.53 Å². The summed E-state index contributed by atoms with van der Waals surface area (Å²) in [5.74, 6) is 0. The van der Waals surface area contributed by atoms with Crippen LogP contribution in [0.15, 0.2) is 5.22 Å². The lowest BCUT2D eigenvalue weighted by molar-refractivity contribution is 0.270. The fourth-order valence-corrected chi connectivity index (χ4v) is 1.15. The summed E-state index contributed by atoms with van der Waals surface area (Å²) < 4.78 is 46.7. The monoisotopic (exact) mass is 232 g/mol. The second kappa shape index (κ2) is 4.93. The molecule has 13 heavy (non-hydrogen) atoms. The molecular weight excluding hydrogens is 228 g/mol. The minimum atomic E-state index is -4.72. The van der Waals surface area contributed by atoms with E-state index in [-0.39, 0.29) is 4.52 Å². The Balaban J connectivity index is 4.44. The van der Waals surface area contributed by atoms with E-state index in [1.807, 2.05) is 0 Å². The second-order valence-corrected chi connectivity index (χ2v) is 3.34. The standard InChI is InChI=1S/H4N6O5S2/c1-2-3-4-6(12(7)8)5-13(9,10)11/h4-5H,(H,7,8)(H,9,10,11). The number of nitrogens with one attached hydrogen (secondary N) is 2. The van der Waals surface area contributed by atoms with Crippen molar-refractivity contribution < 1.29 is 21.7 Å². The molecule has 0 aliphatic rings. The topological polar surface area (TPSA) is 168 Å². The predicted octanol–water partition coefficient (Wildman–Crippen LogP) is -1.54. The average molecular weight is 232 g/mol. The van der Waals surface area contributed by atoms with Crippen molar-refractivity contribution in [2.75, 3.05) is 0 Å². The SMILES string of the molecule is [N-]=[N+]=NNN(NS(=O)(=O)O)S(=O)O. The Hall–Kier alpha value is -0.950. The van der Waals surface area contributed by atoms with Crippen LogP contribution in [-0.4, -0.2) is 26.3 Å². The van der Waals surface area contributed by atoms with Gasteiger partial charge in [0.1, 0.15) is 0 Å². The van der Waals surface area contributed by atoms with E-state index in [2.05, 4.69) is 10.1 Å². The van der Waals surface area contributed by atoms with E-state index in [4.69, 9.17) is 14.6 Å². The van der Waals surface area contributed by atoms with Gasteiger partial charge in [-0.25, -0.2) is 4.21 Å². The number of rotatable bonds is 5. The molecule has 0 heterocycles. The molecule has 76 valence electrons. The van der Waals surface area contributed by atoms with E-state index in [9.17, 15) is 12.6 Å². The van der Waals surface area contributed by atoms with Crippen molar-refractivity contribution in [3.8, 4) is 0 Å². The Labute approximate surface area is 74.6 Å². The zero-order chi connectivity index (χ0) is 10.5. The Morgan fingerprint density at radius 2 is 2.15 bits per heavy atom. The van der Waals surface area contributed by atoms with Crippen LogP contribution in [0.1, 0.15) is 0 Å². The maximum absolute atomic E-state index is 10.2. The average Bonchev–Trinajstić information content (AvgIpc) is 1.95. The first-order chi connectivity index (χ1) is 5.87. The smallest absolute Gasteiger partial charge is 0.290 e. The maximum Gasteiger partial charge on any atom is 0.350 e. The molecule has 1 atom stereocenters. The highest BCUT2D eigenvalue weighted by Crippen LogP contribution is 1.84. The van der Waals surface area contributed by atoms with Crippen LogP contribution in [0.3, 0.4) is 0 Å². The van der Waals surface area contributed by atoms with Gasteiger partial charge >= 0.3 is 10.3 Å². The van der Waals surface area contributed by atoms with Gasteiger partial charge in [0.2, 0.25) is 0 Å². The molecule has 0 bridgehead atoms. The molecule has 0 fully saturated rings. The van der Waals surface area contributed by atoms with E-state index >= 15 is 0 Å². The predicted molar refractivity (Wildman–Crippen MR) is 39.6 cm³/mol. The van der Waals surface area contributed by atoms with E-state index in [0.717, 1.165) is 4.83 Å². The van der Waals surface area contributed by atoms with Crippen molar-refractivity contribution in [1.29, 1.82) is 0 Å². The molecule has 0 aliphatic heterocycles. The van der Waals surface area contributed by atoms with Crippen LogP contribution in [0, 0.1) is 0 Å². The molecule has 0 saturated heterocycles. The Kier molecular flexibility index (Phi) is 4.57. The van der Waals surface area contributed by atoms with Crippen molar-refractivity contribution in [3.63, 3.8) is 0 Å². The molecule has 0 amide bonds. The van der Waals surface area contributed by atoms with Gasteiger partial charge in [0, 0.05) is 5.22 Å². The van der Waals surface area contributed by atoms with E-state index < -0.39 is 21.6 Å². The van der Waals surface area contributed by atoms with Crippen LogP contribution >= 0.6 is 0 Å². The normalized spacial score (nSPS) is 13.5. The number of hydrazine groups is 2. The van der Waals surface area contributed by atoms with Gasteiger partial charge in [-0.05, 0) is 0 Å². The van der Waals surface area contributed by atoms with Gasteiger partial charge in [0.25, 0.3) is 11.3 Å². The lowest BCUT2D eigenvalue weighted by atomic mass is 12.3. The number of nitrogens with zero attached hydrogens (tertiary/aromatic N) is 4. The molecule has 0 rings (SSSR count). The van der Waals surface area contributed by atoms with Crippen molar-refractivity contribution in [1.82, 2.24) is 14.9 Å². The zero-order valence-corrected chi connectivity index (χ0v) is 7.36. The van der Waals surface area contributed by atoms with E-state index in [0.29, 0.717) is 0 Å². The molecule has 13 heteroatoms. The summed E-state index contributed by atoms with van der Waals surface area (Å²) in [4.78, 5) is 3.22. The van der Waals surface area contributed by atoms with Crippen molar-refractivity contribution in [2.45, 2.75) is 0 Å². The summed E-state index contributed by atoms with van der Waals surface area (Å²) in [6.07, 6.45) is 0. The Morgan fingerprint density at radius 3 is 2.46 bits per heavy atom. The van der Waals surface area contributed by atoms with Gasteiger partial charge in [-0.3, -0.25) is 9.11 Å². The molecule has 11 nitrogen and oxygen atoms in total. The summed E-state index contributed by atoms with van der Waals surface area (Å²) in [6.45, 7) is 0. The molecule has 1 unspecified atom stereocenters. The third kappa shape index (κ3) is 6.23. The van der Waals surface area contributed by atoms with Gasteiger partial charge in [0.15, 0.2) is 0 Å². The summed E-state index contributed by atoms with van der Waals surface area (Å²) >= 11 is -2.84. The largest absolute Gasteiger partial charge is 0.350 e. The third-order valence-corrected chi connectivity index (χ3v) is 1.55. The molecular formula is H4N6O5S2. The van der Waals surface area contributed by atoms with Crippen molar-refractivity contribution in [3.05, 3.63) is 10.4 Å². The van der Waals surface area contributed by atoms with Gasteiger partial charge < -0.3 is 0 Å². The molecule has 0 radical (unpaired) electrons. The summed E-state index contributed by atoms with van der Waals surface area (Å²) in [5.41, 5.74) is 9.21. The highest BCUT2D eigenvalue weighted by molar-refractivity contribution is 7.84. The van der Waals surface area contributed by atoms with Crippen molar-refractivity contribution in [2.24, 2.45) is 5.22 Å². The molecule has 0 aromatic rings. The fraction of sp³-hybridized carbons (Fsp3) is 0. The maximum atomic E-state index is 10.2. The molecule has 0 spiro atoms. The number of hydrogen-bond acceptors (Lipinski definition) is 4. The van der Waals surface area contributed by atoms with Crippen LogP contribution in [0.25, 0.3) is 10.4 Å². The lowest BCUT2D eigenvalue weighted by Gasteiger charge is -2.09. The first-order valence-electron chi connectivity index (χ1n) is 2.32. The fourth-order valence-electron chi connectivity index (χ4n) is 0.253. The number of hydrogen-bond donors (Lipinski definition) is 4. The minimum Gasteiger partial charge on any atom is -0.290 e.